The van der Waals surface area contributed by atoms with Crippen LogP contribution in [0.2, 0.25) is 0 Å². The standard InChI is InChI=1S/C10H15N3O2/c14-7-9-11-3-4-13(9)6-10(15)12-5-8-1-2-8/h3-4,8,14H,1-2,5-7H2,(H,12,15). The summed E-state index contributed by atoms with van der Waals surface area (Å²) in [5, 5.41) is 11.8. The Morgan fingerprint density at radius 3 is 3.13 bits per heavy atom. The van der Waals surface area contributed by atoms with Crippen molar-refractivity contribution in [1.82, 2.24) is 14.9 Å². The van der Waals surface area contributed by atoms with Gasteiger partial charge in [-0.25, -0.2) is 4.98 Å². The van der Waals surface area contributed by atoms with Gasteiger partial charge in [-0.3, -0.25) is 4.79 Å². The number of aliphatic hydroxyl groups is 1. The molecule has 82 valence electrons. The van der Waals surface area contributed by atoms with Gasteiger partial charge in [0.25, 0.3) is 0 Å². The zero-order valence-corrected chi connectivity index (χ0v) is 8.52. The highest BCUT2D eigenvalue weighted by molar-refractivity contribution is 5.75. The Hall–Kier alpha value is -1.36. The molecule has 1 aromatic heterocycles. The molecule has 0 spiro atoms. The summed E-state index contributed by atoms with van der Waals surface area (Å²) in [6.07, 6.45) is 5.74. The molecule has 1 aliphatic rings. The van der Waals surface area contributed by atoms with Crippen LogP contribution in [0.3, 0.4) is 0 Å². The molecule has 2 rings (SSSR count). The summed E-state index contributed by atoms with van der Waals surface area (Å²) in [6, 6.07) is 0. The molecule has 0 atom stereocenters. The van der Waals surface area contributed by atoms with E-state index in [0.717, 1.165) is 6.54 Å². The van der Waals surface area contributed by atoms with Crippen LogP contribution in [-0.2, 0) is 17.9 Å². The van der Waals surface area contributed by atoms with Gasteiger partial charge in [-0.15, -0.1) is 0 Å². The van der Waals surface area contributed by atoms with Crippen LogP contribution in [0.25, 0.3) is 0 Å². The van der Waals surface area contributed by atoms with Crippen molar-refractivity contribution in [3.8, 4) is 0 Å². The van der Waals surface area contributed by atoms with Crippen molar-refractivity contribution < 1.29 is 9.90 Å². The number of nitrogens with zero attached hydrogens (tertiary/aromatic N) is 2. The maximum absolute atomic E-state index is 11.5. The molecule has 0 unspecified atom stereocenters. The quantitative estimate of drug-likeness (QED) is 0.711. The fourth-order valence-corrected chi connectivity index (χ4v) is 1.43. The van der Waals surface area contributed by atoms with Gasteiger partial charge in [0.1, 0.15) is 19.0 Å². The summed E-state index contributed by atoms with van der Waals surface area (Å²) in [4.78, 5) is 15.4. The minimum atomic E-state index is -0.136. The number of hydrogen-bond acceptors (Lipinski definition) is 3. The van der Waals surface area contributed by atoms with Crippen molar-refractivity contribution in [2.75, 3.05) is 6.54 Å². The second-order valence-corrected chi connectivity index (χ2v) is 3.88. The SMILES string of the molecule is O=C(Cn1ccnc1CO)NCC1CC1. The molecule has 15 heavy (non-hydrogen) atoms. The highest BCUT2D eigenvalue weighted by atomic mass is 16.3. The lowest BCUT2D eigenvalue weighted by Crippen LogP contribution is -2.29. The van der Waals surface area contributed by atoms with Crippen molar-refractivity contribution >= 4 is 5.91 Å². The minimum absolute atomic E-state index is 0.0189. The smallest absolute Gasteiger partial charge is 0.239 e. The lowest BCUT2D eigenvalue weighted by molar-refractivity contribution is -0.121. The molecule has 1 aliphatic carbocycles. The number of amides is 1. The van der Waals surface area contributed by atoms with Gasteiger partial charge in [0.2, 0.25) is 5.91 Å². The molecule has 0 bridgehead atoms. The van der Waals surface area contributed by atoms with Crippen molar-refractivity contribution in [2.24, 2.45) is 5.92 Å². The Bertz CT molecular complexity index is 344. The summed E-state index contributed by atoms with van der Waals surface area (Å²) in [6.45, 7) is 0.882. The minimum Gasteiger partial charge on any atom is -0.388 e. The molecule has 0 aromatic carbocycles. The Balaban J connectivity index is 1.81. The third kappa shape index (κ3) is 2.79. The van der Waals surface area contributed by atoms with Crippen LogP contribution in [0.4, 0.5) is 0 Å². The van der Waals surface area contributed by atoms with Gasteiger partial charge in [-0.2, -0.15) is 0 Å². The van der Waals surface area contributed by atoms with Crippen molar-refractivity contribution in [2.45, 2.75) is 26.0 Å². The Kier molecular flexibility index (Phi) is 3.01. The van der Waals surface area contributed by atoms with E-state index in [1.807, 2.05) is 0 Å². The van der Waals surface area contributed by atoms with Crippen LogP contribution in [0, 0.1) is 5.92 Å². The summed E-state index contributed by atoms with van der Waals surface area (Å²) < 4.78 is 1.65. The lowest BCUT2D eigenvalue weighted by Gasteiger charge is -2.06. The summed E-state index contributed by atoms with van der Waals surface area (Å²) in [7, 11) is 0. The molecule has 1 fully saturated rings. The predicted octanol–water partition coefficient (Wildman–Crippen LogP) is -0.0984. The maximum atomic E-state index is 11.5. The molecular weight excluding hydrogens is 194 g/mol. The molecule has 1 heterocycles. The molecule has 1 saturated carbocycles. The molecule has 0 saturated heterocycles. The second kappa shape index (κ2) is 4.44. The van der Waals surface area contributed by atoms with Gasteiger partial charge in [-0.1, -0.05) is 0 Å². The van der Waals surface area contributed by atoms with Gasteiger partial charge in [-0.05, 0) is 18.8 Å². The van der Waals surface area contributed by atoms with E-state index in [-0.39, 0.29) is 19.1 Å². The van der Waals surface area contributed by atoms with E-state index in [0.29, 0.717) is 11.7 Å². The maximum Gasteiger partial charge on any atom is 0.239 e. The third-order valence-corrected chi connectivity index (χ3v) is 2.54. The predicted molar refractivity (Wildman–Crippen MR) is 53.9 cm³/mol. The zero-order valence-electron chi connectivity index (χ0n) is 8.52. The van der Waals surface area contributed by atoms with E-state index in [1.165, 1.54) is 12.8 Å². The van der Waals surface area contributed by atoms with Gasteiger partial charge in [0, 0.05) is 18.9 Å². The Morgan fingerprint density at radius 1 is 1.67 bits per heavy atom. The number of carbonyl (C=O) groups excluding carboxylic acids is 1. The Morgan fingerprint density at radius 2 is 2.47 bits per heavy atom. The number of aliphatic hydroxyl groups excluding tert-OH is 1. The summed E-state index contributed by atoms with van der Waals surface area (Å²) in [5.41, 5.74) is 0. The Labute approximate surface area is 88.1 Å². The summed E-state index contributed by atoms with van der Waals surface area (Å²) in [5.74, 6) is 1.19. The molecule has 5 nitrogen and oxygen atoms in total. The topological polar surface area (TPSA) is 67.2 Å². The van der Waals surface area contributed by atoms with Crippen molar-refractivity contribution in [3.63, 3.8) is 0 Å². The average Bonchev–Trinajstić information content (AvgIpc) is 2.96. The average molecular weight is 209 g/mol. The number of carbonyl (C=O) groups is 1. The number of aromatic nitrogens is 2. The van der Waals surface area contributed by atoms with Crippen molar-refractivity contribution in [3.05, 3.63) is 18.2 Å². The van der Waals surface area contributed by atoms with E-state index >= 15 is 0 Å². The number of hydrogen-bond donors (Lipinski definition) is 2. The molecular formula is C10H15N3O2. The van der Waals surface area contributed by atoms with Crippen LogP contribution < -0.4 is 5.32 Å². The second-order valence-electron chi connectivity index (χ2n) is 3.88. The number of rotatable bonds is 5. The first-order chi connectivity index (χ1) is 7.29. The third-order valence-electron chi connectivity index (χ3n) is 2.54. The molecule has 1 amide bonds. The van der Waals surface area contributed by atoms with E-state index in [2.05, 4.69) is 10.3 Å². The van der Waals surface area contributed by atoms with Crippen LogP contribution in [0.5, 0.6) is 0 Å². The van der Waals surface area contributed by atoms with Gasteiger partial charge >= 0.3 is 0 Å². The van der Waals surface area contributed by atoms with Gasteiger partial charge < -0.3 is 15.0 Å². The highest BCUT2D eigenvalue weighted by Crippen LogP contribution is 2.27. The largest absolute Gasteiger partial charge is 0.388 e. The molecule has 5 heteroatoms. The van der Waals surface area contributed by atoms with E-state index in [1.54, 1.807) is 17.0 Å². The van der Waals surface area contributed by atoms with Crippen molar-refractivity contribution in [1.29, 1.82) is 0 Å². The monoisotopic (exact) mass is 209 g/mol. The highest BCUT2D eigenvalue weighted by Gasteiger charge is 2.21. The fourth-order valence-electron chi connectivity index (χ4n) is 1.43. The van der Waals surface area contributed by atoms with E-state index in [9.17, 15) is 4.79 Å². The lowest BCUT2D eigenvalue weighted by atomic mass is 10.4. The number of nitrogens with one attached hydrogen (secondary N) is 1. The fraction of sp³-hybridized carbons (Fsp3) is 0.600. The summed E-state index contributed by atoms with van der Waals surface area (Å²) >= 11 is 0. The number of imidazole rings is 1. The van der Waals surface area contributed by atoms with Crippen LogP contribution >= 0.6 is 0 Å². The molecule has 0 aliphatic heterocycles. The van der Waals surface area contributed by atoms with Crippen LogP contribution in [0.15, 0.2) is 12.4 Å². The molecule has 1 aromatic rings. The van der Waals surface area contributed by atoms with E-state index in [4.69, 9.17) is 5.11 Å². The molecule has 2 N–H and O–H groups in total. The first-order valence-electron chi connectivity index (χ1n) is 5.17. The van der Waals surface area contributed by atoms with E-state index < -0.39 is 0 Å². The first-order valence-corrected chi connectivity index (χ1v) is 5.17. The van der Waals surface area contributed by atoms with Crippen LogP contribution in [0.1, 0.15) is 18.7 Å². The van der Waals surface area contributed by atoms with Gasteiger partial charge in [0.05, 0.1) is 0 Å². The van der Waals surface area contributed by atoms with Crippen LogP contribution in [-0.4, -0.2) is 27.1 Å². The van der Waals surface area contributed by atoms with Gasteiger partial charge in [0.15, 0.2) is 0 Å². The normalized spacial score (nSPS) is 15.3. The first kappa shape index (κ1) is 10.2. The molecule has 0 radical (unpaired) electrons. The zero-order chi connectivity index (χ0) is 10.7.